The zero-order valence-electron chi connectivity index (χ0n) is 8.97. The highest BCUT2D eigenvalue weighted by Crippen LogP contribution is 2.54. The standard InChI is InChI=1S/C12H22O/c1-11(2)4-3-10(7-11)8-12(9-13)5-6-12/h10,13H,3-9H2,1-2H3. The molecule has 2 fully saturated rings. The monoisotopic (exact) mass is 182 g/mol. The fourth-order valence-electron chi connectivity index (χ4n) is 2.97. The van der Waals surface area contributed by atoms with Crippen LogP contribution in [0, 0.1) is 16.7 Å². The van der Waals surface area contributed by atoms with Crippen LogP contribution in [0.3, 0.4) is 0 Å². The van der Waals surface area contributed by atoms with Crippen LogP contribution in [0.4, 0.5) is 0 Å². The lowest BCUT2D eigenvalue weighted by Gasteiger charge is -2.20. The van der Waals surface area contributed by atoms with Crippen molar-refractivity contribution < 1.29 is 5.11 Å². The Balaban J connectivity index is 1.84. The summed E-state index contributed by atoms with van der Waals surface area (Å²) in [6.45, 7) is 5.20. The van der Waals surface area contributed by atoms with Gasteiger partial charge in [-0.2, -0.15) is 0 Å². The lowest BCUT2D eigenvalue weighted by molar-refractivity contribution is 0.180. The lowest BCUT2D eigenvalue weighted by atomic mass is 9.86. The van der Waals surface area contributed by atoms with Crippen molar-refractivity contribution in [2.24, 2.45) is 16.7 Å². The van der Waals surface area contributed by atoms with E-state index in [1.54, 1.807) is 0 Å². The summed E-state index contributed by atoms with van der Waals surface area (Å²) < 4.78 is 0. The summed E-state index contributed by atoms with van der Waals surface area (Å²) in [6, 6.07) is 0. The number of aliphatic hydroxyl groups is 1. The second-order valence-corrected chi connectivity index (χ2v) is 6.14. The second-order valence-electron chi connectivity index (χ2n) is 6.14. The third-order valence-electron chi connectivity index (χ3n) is 4.08. The van der Waals surface area contributed by atoms with Crippen molar-refractivity contribution in [1.82, 2.24) is 0 Å². The van der Waals surface area contributed by atoms with Crippen molar-refractivity contribution in [3.05, 3.63) is 0 Å². The van der Waals surface area contributed by atoms with Gasteiger partial charge in [-0.15, -0.1) is 0 Å². The average Bonchev–Trinajstić information content (AvgIpc) is 2.74. The third kappa shape index (κ3) is 2.07. The zero-order valence-corrected chi connectivity index (χ0v) is 8.97. The highest BCUT2D eigenvalue weighted by atomic mass is 16.3. The van der Waals surface area contributed by atoms with Gasteiger partial charge in [0, 0.05) is 6.61 Å². The molecule has 0 aromatic heterocycles. The van der Waals surface area contributed by atoms with Crippen LogP contribution in [0.1, 0.15) is 52.4 Å². The molecule has 0 radical (unpaired) electrons. The van der Waals surface area contributed by atoms with E-state index in [4.69, 9.17) is 0 Å². The Morgan fingerprint density at radius 1 is 1.23 bits per heavy atom. The fraction of sp³-hybridized carbons (Fsp3) is 1.00. The Hall–Kier alpha value is -0.0400. The van der Waals surface area contributed by atoms with Crippen LogP contribution in [0.25, 0.3) is 0 Å². The molecule has 2 aliphatic rings. The summed E-state index contributed by atoms with van der Waals surface area (Å²) in [5.41, 5.74) is 0.960. The van der Waals surface area contributed by atoms with E-state index in [0.29, 0.717) is 17.4 Å². The van der Waals surface area contributed by atoms with Gasteiger partial charge in [-0.3, -0.25) is 0 Å². The van der Waals surface area contributed by atoms with Gasteiger partial charge in [0.25, 0.3) is 0 Å². The highest BCUT2D eigenvalue weighted by Gasteiger charge is 2.45. The van der Waals surface area contributed by atoms with E-state index >= 15 is 0 Å². The predicted octanol–water partition coefficient (Wildman–Crippen LogP) is 2.98. The Morgan fingerprint density at radius 2 is 1.92 bits per heavy atom. The molecule has 13 heavy (non-hydrogen) atoms. The molecule has 2 rings (SSSR count). The smallest absolute Gasteiger partial charge is 0.0487 e. The summed E-state index contributed by atoms with van der Waals surface area (Å²) in [5, 5.41) is 9.25. The van der Waals surface area contributed by atoms with Crippen molar-refractivity contribution in [2.75, 3.05) is 6.61 Å². The normalized spacial score (nSPS) is 34.8. The highest BCUT2D eigenvalue weighted by molar-refractivity contribution is 4.96. The topological polar surface area (TPSA) is 20.2 Å². The molecule has 1 nitrogen and oxygen atoms in total. The molecule has 1 N–H and O–H groups in total. The van der Waals surface area contributed by atoms with Gasteiger partial charge in [-0.1, -0.05) is 13.8 Å². The van der Waals surface area contributed by atoms with Crippen molar-refractivity contribution in [2.45, 2.75) is 52.4 Å². The van der Waals surface area contributed by atoms with E-state index in [1.165, 1.54) is 38.5 Å². The van der Waals surface area contributed by atoms with Gasteiger partial charge < -0.3 is 5.11 Å². The number of hydrogen-bond donors (Lipinski definition) is 1. The maximum Gasteiger partial charge on any atom is 0.0487 e. The fourth-order valence-corrected chi connectivity index (χ4v) is 2.97. The molecule has 0 aliphatic heterocycles. The zero-order chi connectivity index (χ0) is 9.53. The summed E-state index contributed by atoms with van der Waals surface area (Å²) in [7, 11) is 0. The summed E-state index contributed by atoms with van der Waals surface area (Å²) in [6.07, 6.45) is 8.02. The first-order valence-electron chi connectivity index (χ1n) is 5.66. The Bertz CT molecular complexity index is 191. The van der Waals surface area contributed by atoms with E-state index in [0.717, 1.165) is 5.92 Å². The molecule has 0 saturated heterocycles. The summed E-state index contributed by atoms with van der Waals surface area (Å²) >= 11 is 0. The lowest BCUT2D eigenvalue weighted by Crippen LogP contribution is -2.13. The van der Waals surface area contributed by atoms with Crippen LogP contribution in [-0.2, 0) is 0 Å². The first-order chi connectivity index (χ1) is 6.05. The van der Waals surface area contributed by atoms with E-state index in [1.807, 2.05) is 0 Å². The molecule has 0 spiro atoms. The molecular formula is C12H22O. The number of rotatable bonds is 3. The molecule has 1 heteroatoms. The molecule has 2 aliphatic carbocycles. The average molecular weight is 182 g/mol. The van der Waals surface area contributed by atoms with E-state index in [2.05, 4.69) is 13.8 Å². The van der Waals surface area contributed by atoms with Crippen LogP contribution >= 0.6 is 0 Å². The minimum Gasteiger partial charge on any atom is -0.396 e. The van der Waals surface area contributed by atoms with Crippen LogP contribution < -0.4 is 0 Å². The summed E-state index contributed by atoms with van der Waals surface area (Å²) in [5.74, 6) is 0.907. The molecule has 2 saturated carbocycles. The second kappa shape index (κ2) is 2.98. The van der Waals surface area contributed by atoms with Gasteiger partial charge in [-0.25, -0.2) is 0 Å². The first-order valence-corrected chi connectivity index (χ1v) is 5.66. The molecular weight excluding hydrogens is 160 g/mol. The minimum atomic E-state index is 0.380. The molecule has 0 aromatic carbocycles. The van der Waals surface area contributed by atoms with Gasteiger partial charge in [0.05, 0.1) is 0 Å². The molecule has 1 unspecified atom stereocenters. The van der Waals surface area contributed by atoms with E-state index in [9.17, 15) is 5.11 Å². The molecule has 0 amide bonds. The van der Waals surface area contributed by atoms with Crippen molar-refractivity contribution in [3.8, 4) is 0 Å². The van der Waals surface area contributed by atoms with Gasteiger partial charge in [-0.05, 0) is 55.3 Å². The molecule has 1 atom stereocenters. The van der Waals surface area contributed by atoms with Crippen LogP contribution in [0.15, 0.2) is 0 Å². The van der Waals surface area contributed by atoms with Gasteiger partial charge in [0.1, 0.15) is 0 Å². The van der Waals surface area contributed by atoms with Crippen LogP contribution in [0.2, 0.25) is 0 Å². The number of hydrogen-bond acceptors (Lipinski definition) is 1. The van der Waals surface area contributed by atoms with Crippen LogP contribution in [-0.4, -0.2) is 11.7 Å². The molecule has 0 heterocycles. The van der Waals surface area contributed by atoms with Crippen molar-refractivity contribution >= 4 is 0 Å². The summed E-state index contributed by atoms with van der Waals surface area (Å²) in [4.78, 5) is 0. The SMILES string of the molecule is CC1(C)CCC(CC2(CO)CC2)C1. The molecule has 0 bridgehead atoms. The Kier molecular flexibility index (Phi) is 2.18. The molecule has 0 aromatic rings. The third-order valence-corrected chi connectivity index (χ3v) is 4.08. The molecule has 76 valence electrons. The number of aliphatic hydroxyl groups excluding tert-OH is 1. The van der Waals surface area contributed by atoms with Gasteiger partial charge in [0.15, 0.2) is 0 Å². The predicted molar refractivity (Wildman–Crippen MR) is 54.5 cm³/mol. The first kappa shape index (κ1) is 9.51. The maximum absolute atomic E-state index is 9.25. The van der Waals surface area contributed by atoms with Crippen LogP contribution in [0.5, 0.6) is 0 Å². The van der Waals surface area contributed by atoms with Gasteiger partial charge in [0.2, 0.25) is 0 Å². The van der Waals surface area contributed by atoms with Gasteiger partial charge >= 0.3 is 0 Å². The minimum absolute atomic E-state index is 0.380. The van der Waals surface area contributed by atoms with Crippen molar-refractivity contribution in [1.29, 1.82) is 0 Å². The Morgan fingerprint density at radius 3 is 2.31 bits per heavy atom. The largest absolute Gasteiger partial charge is 0.396 e. The van der Waals surface area contributed by atoms with E-state index in [-0.39, 0.29) is 0 Å². The maximum atomic E-state index is 9.25. The quantitative estimate of drug-likeness (QED) is 0.711. The Labute approximate surface area is 81.5 Å². The van der Waals surface area contributed by atoms with E-state index < -0.39 is 0 Å². The van der Waals surface area contributed by atoms with Crippen molar-refractivity contribution in [3.63, 3.8) is 0 Å².